The highest BCUT2D eigenvalue weighted by atomic mass is 32.2. The second-order valence-corrected chi connectivity index (χ2v) is 8.66. The second kappa shape index (κ2) is 9.40. The maximum absolute atomic E-state index is 12.5. The Morgan fingerprint density at radius 3 is 1.93 bits per heavy atom. The average molecular weight is 419 g/mol. The summed E-state index contributed by atoms with van der Waals surface area (Å²) in [7, 11) is -3.56. The normalized spacial score (nSPS) is 10.9. The van der Waals surface area contributed by atoms with Gasteiger partial charge in [-0.05, 0) is 74.5 Å². The zero-order valence-electron chi connectivity index (χ0n) is 16.7. The first-order chi connectivity index (χ1) is 14.3. The second-order valence-electron chi connectivity index (χ2n) is 6.95. The highest BCUT2D eigenvalue weighted by Gasteiger charge is 2.15. The smallest absolute Gasteiger partial charge is 0.255 e. The largest absolute Gasteiger partial charge is 0.322 e. The summed E-state index contributed by atoms with van der Waals surface area (Å²) in [5, 5.41) is 2.76. The summed E-state index contributed by atoms with van der Waals surface area (Å²) in [5.74, 6) is 5.86. The van der Waals surface area contributed by atoms with Gasteiger partial charge in [0, 0.05) is 28.4 Å². The molecule has 152 valence electrons. The predicted molar refractivity (Wildman–Crippen MR) is 119 cm³/mol. The van der Waals surface area contributed by atoms with Crippen LogP contribution in [0, 0.1) is 11.8 Å². The molecule has 5 nitrogen and oxygen atoms in total. The summed E-state index contributed by atoms with van der Waals surface area (Å²) in [6.07, 6.45) is 0. The van der Waals surface area contributed by atoms with Crippen molar-refractivity contribution in [3.63, 3.8) is 0 Å². The van der Waals surface area contributed by atoms with Crippen LogP contribution in [0.25, 0.3) is 0 Å². The Hall–Kier alpha value is -3.40. The number of nitrogens with one attached hydrogen (secondary N) is 2. The molecule has 0 aromatic heterocycles. The first-order valence-corrected chi connectivity index (χ1v) is 10.9. The molecule has 0 heterocycles. The van der Waals surface area contributed by atoms with Gasteiger partial charge in [-0.25, -0.2) is 13.1 Å². The van der Waals surface area contributed by atoms with Crippen molar-refractivity contribution in [3.05, 3.63) is 95.6 Å². The molecule has 0 saturated heterocycles. The molecule has 0 unspecified atom stereocenters. The van der Waals surface area contributed by atoms with E-state index in [4.69, 9.17) is 0 Å². The molecule has 0 bridgehead atoms. The van der Waals surface area contributed by atoms with Crippen molar-refractivity contribution in [2.75, 3.05) is 5.32 Å². The number of rotatable bonds is 5. The van der Waals surface area contributed by atoms with Gasteiger partial charge in [0.1, 0.15) is 0 Å². The van der Waals surface area contributed by atoms with Crippen molar-refractivity contribution in [1.29, 1.82) is 0 Å². The molecule has 1 amide bonds. The molecule has 0 aliphatic rings. The monoisotopic (exact) mass is 418 g/mol. The van der Waals surface area contributed by atoms with E-state index in [1.54, 1.807) is 50.2 Å². The van der Waals surface area contributed by atoms with E-state index < -0.39 is 10.0 Å². The topological polar surface area (TPSA) is 75.3 Å². The number of sulfonamides is 1. The van der Waals surface area contributed by atoms with Gasteiger partial charge in [0.05, 0.1) is 4.90 Å². The molecular formula is C24H22N2O3S. The predicted octanol–water partition coefficient (Wildman–Crippen LogP) is 4.03. The number of carbonyl (C=O) groups is 1. The first-order valence-electron chi connectivity index (χ1n) is 9.44. The maximum atomic E-state index is 12.5. The van der Waals surface area contributed by atoms with E-state index in [-0.39, 0.29) is 16.8 Å². The Bertz CT molecular complexity index is 1170. The molecule has 0 spiro atoms. The lowest BCUT2D eigenvalue weighted by molar-refractivity contribution is 0.102. The number of hydrogen-bond acceptors (Lipinski definition) is 3. The Kier molecular flexibility index (Phi) is 6.68. The van der Waals surface area contributed by atoms with Crippen LogP contribution in [-0.2, 0) is 10.0 Å². The fourth-order valence-corrected chi connectivity index (χ4v) is 3.92. The molecule has 3 rings (SSSR count). The van der Waals surface area contributed by atoms with Gasteiger partial charge in [-0.15, -0.1) is 0 Å². The lowest BCUT2D eigenvalue weighted by atomic mass is 10.1. The molecule has 6 heteroatoms. The number of carbonyl (C=O) groups excluding carboxylic acids is 1. The highest BCUT2D eigenvalue weighted by Crippen LogP contribution is 2.15. The molecule has 0 atom stereocenters. The summed E-state index contributed by atoms with van der Waals surface area (Å²) in [4.78, 5) is 12.6. The number of amides is 1. The van der Waals surface area contributed by atoms with Gasteiger partial charge in [0.25, 0.3) is 5.91 Å². The van der Waals surface area contributed by atoms with Crippen molar-refractivity contribution >= 4 is 21.6 Å². The van der Waals surface area contributed by atoms with E-state index in [0.717, 1.165) is 11.1 Å². The molecule has 0 aliphatic carbocycles. The fourth-order valence-electron chi connectivity index (χ4n) is 2.67. The number of anilines is 1. The zero-order chi connectivity index (χ0) is 21.6. The van der Waals surface area contributed by atoms with Gasteiger partial charge in [-0.1, -0.05) is 30.0 Å². The minimum Gasteiger partial charge on any atom is -0.322 e. The van der Waals surface area contributed by atoms with Crippen LogP contribution in [0.2, 0.25) is 0 Å². The molecule has 3 aromatic carbocycles. The van der Waals surface area contributed by atoms with Gasteiger partial charge in [-0.3, -0.25) is 4.79 Å². The Balaban J connectivity index is 1.65. The average Bonchev–Trinajstić information content (AvgIpc) is 2.73. The van der Waals surface area contributed by atoms with Crippen molar-refractivity contribution < 1.29 is 13.2 Å². The molecule has 0 saturated carbocycles. The number of benzene rings is 3. The van der Waals surface area contributed by atoms with Gasteiger partial charge in [0.15, 0.2) is 0 Å². The van der Waals surface area contributed by atoms with Crippen molar-refractivity contribution in [2.24, 2.45) is 0 Å². The summed E-state index contributed by atoms with van der Waals surface area (Å²) < 4.78 is 26.8. The summed E-state index contributed by atoms with van der Waals surface area (Å²) in [6.45, 7) is 3.51. The van der Waals surface area contributed by atoms with Crippen LogP contribution < -0.4 is 10.0 Å². The molecule has 0 aliphatic heterocycles. The van der Waals surface area contributed by atoms with Crippen LogP contribution in [0.1, 0.15) is 35.3 Å². The summed E-state index contributed by atoms with van der Waals surface area (Å²) >= 11 is 0. The molecule has 2 N–H and O–H groups in total. The third-order valence-corrected chi connectivity index (χ3v) is 5.76. The maximum Gasteiger partial charge on any atom is 0.255 e. The fraction of sp³-hybridized carbons (Fsp3) is 0.125. The third kappa shape index (κ3) is 5.80. The van der Waals surface area contributed by atoms with E-state index >= 15 is 0 Å². The van der Waals surface area contributed by atoms with Crippen molar-refractivity contribution in [3.8, 4) is 11.8 Å². The van der Waals surface area contributed by atoms with Crippen molar-refractivity contribution in [2.45, 2.75) is 24.8 Å². The van der Waals surface area contributed by atoms with Gasteiger partial charge < -0.3 is 5.32 Å². The summed E-state index contributed by atoms with van der Waals surface area (Å²) in [5.41, 5.74) is 2.73. The van der Waals surface area contributed by atoms with E-state index in [2.05, 4.69) is 21.9 Å². The minimum absolute atomic E-state index is 0.149. The lowest BCUT2D eigenvalue weighted by Gasteiger charge is -2.10. The number of hydrogen-bond donors (Lipinski definition) is 2. The SMILES string of the molecule is CC(C)NS(=O)(=O)c1ccc(NC(=O)c2ccc(C#Cc3ccccc3)cc2)cc1. The highest BCUT2D eigenvalue weighted by molar-refractivity contribution is 7.89. The van der Waals surface area contributed by atoms with Gasteiger partial charge in [-0.2, -0.15) is 0 Å². The van der Waals surface area contributed by atoms with Crippen LogP contribution in [0.3, 0.4) is 0 Å². The van der Waals surface area contributed by atoms with Crippen molar-refractivity contribution in [1.82, 2.24) is 4.72 Å². The first kappa shape index (κ1) is 21.3. The standard InChI is InChI=1S/C24H22N2O3S/c1-18(2)26-30(28,29)23-16-14-22(15-17-23)25-24(27)21-12-10-20(11-13-21)9-8-19-6-4-3-5-7-19/h3-7,10-18,26H,1-2H3,(H,25,27). The van der Waals surface area contributed by atoms with E-state index in [1.165, 1.54) is 12.1 Å². The lowest BCUT2D eigenvalue weighted by Crippen LogP contribution is -2.30. The summed E-state index contributed by atoms with van der Waals surface area (Å²) in [6, 6.07) is 22.5. The molecule has 0 radical (unpaired) electrons. The third-order valence-electron chi connectivity index (χ3n) is 4.09. The van der Waals surface area contributed by atoms with E-state index in [9.17, 15) is 13.2 Å². The molecule has 3 aromatic rings. The quantitative estimate of drug-likeness (QED) is 0.615. The zero-order valence-corrected chi connectivity index (χ0v) is 17.5. The Labute approximate surface area is 177 Å². The van der Waals surface area contributed by atoms with Crippen LogP contribution in [0.4, 0.5) is 5.69 Å². The van der Waals surface area contributed by atoms with Crippen LogP contribution in [-0.4, -0.2) is 20.4 Å². The van der Waals surface area contributed by atoms with Crippen LogP contribution >= 0.6 is 0 Å². The Morgan fingerprint density at radius 1 is 0.800 bits per heavy atom. The molecule has 0 fully saturated rings. The molecule has 30 heavy (non-hydrogen) atoms. The van der Waals surface area contributed by atoms with Crippen LogP contribution in [0.15, 0.2) is 83.8 Å². The Morgan fingerprint density at radius 2 is 1.37 bits per heavy atom. The van der Waals surface area contributed by atoms with Gasteiger partial charge in [0.2, 0.25) is 10.0 Å². The van der Waals surface area contributed by atoms with Crippen LogP contribution in [0.5, 0.6) is 0 Å². The van der Waals surface area contributed by atoms with E-state index in [1.807, 2.05) is 30.3 Å². The van der Waals surface area contributed by atoms with E-state index in [0.29, 0.717) is 11.3 Å². The van der Waals surface area contributed by atoms with Gasteiger partial charge >= 0.3 is 0 Å². The minimum atomic E-state index is -3.56. The molecular weight excluding hydrogens is 396 g/mol.